The molecule has 94 valence electrons. The van der Waals surface area contributed by atoms with Gasteiger partial charge in [0.05, 0.1) is 11.4 Å². The highest BCUT2D eigenvalue weighted by Crippen LogP contribution is 2.40. The van der Waals surface area contributed by atoms with Crippen molar-refractivity contribution >= 4 is 11.6 Å². The number of amides is 1. The largest absolute Gasteiger partial charge is 0.324 e. The summed E-state index contributed by atoms with van der Waals surface area (Å²) in [5.74, 6) is 0.0844. The molecular weight excluding hydrogens is 226 g/mol. The first-order chi connectivity index (χ1) is 8.76. The third-order valence-corrected chi connectivity index (χ3v) is 3.88. The lowest BCUT2D eigenvalue weighted by atomic mass is 9.81. The standard InChI is InChI=1S/C14H17N3O/c1-2-17-9-4-3-7-14(10-17)12-11(16-13(14)18)6-5-8-15-12/h3-6,8H,2,7,9-10H2,1H3,(H,16,18). The van der Waals surface area contributed by atoms with Gasteiger partial charge in [-0.2, -0.15) is 0 Å². The molecule has 0 fully saturated rings. The van der Waals surface area contributed by atoms with Crippen molar-refractivity contribution in [2.24, 2.45) is 0 Å². The van der Waals surface area contributed by atoms with Crippen molar-refractivity contribution in [1.82, 2.24) is 9.88 Å². The first-order valence-electron chi connectivity index (χ1n) is 6.40. The quantitative estimate of drug-likeness (QED) is 0.761. The maximum atomic E-state index is 12.4. The number of pyridine rings is 1. The Morgan fingerprint density at radius 3 is 3.22 bits per heavy atom. The van der Waals surface area contributed by atoms with Gasteiger partial charge in [0.2, 0.25) is 5.91 Å². The minimum atomic E-state index is -0.500. The van der Waals surface area contributed by atoms with Crippen molar-refractivity contribution in [1.29, 1.82) is 0 Å². The predicted molar refractivity (Wildman–Crippen MR) is 70.4 cm³/mol. The number of likely N-dealkylation sites (N-methyl/N-ethyl adjacent to an activating group) is 1. The van der Waals surface area contributed by atoms with Crippen molar-refractivity contribution in [3.8, 4) is 0 Å². The van der Waals surface area contributed by atoms with Gasteiger partial charge < -0.3 is 5.32 Å². The molecule has 2 aliphatic heterocycles. The van der Waals surface area contributed by atoms with Crippen molar-refractivity contribution in [3.05, 3.63) is 36.2 Å². The Kier molecular flexibility index (Phi) is 2.67. The summed E-state index contributed by atoms with van der Waals surface area (Å²) in [6.45, 7) is 4.72. The van der Waals surface area contributed by atoms with E-state index >= 15 is 0 Å². The van der Waals surface area contributed by atoms with Crippen LogP contribution in [0.2, 0.25) is 0 Å². The van der Waals surface area contributed by atoms with Crippen LogP contribution in [0.25, 0.3) is 0 Å². The molecule has 1 unspecified atom stereocenters. The zero-order valence-corrected chi connectivity index (χ0v) is 10.5. The highest BCUT2D eigenvalue weighted by Gasteiger charge is 2.48. The van der Waals surface area contributed by atoms with Crippen LogP contribution in [0.4, 0.5) is 5.69 Å². The van der Waals surface area contributed by atoms with E-state index in [0.717, 1.165) is 37.4 Å². The van der Waals surface area contributed by atoms with E-state index in [1.165, 1.54) is 0 Å². The summed E-state index contributed by atoms with van der Waals surface area (Å²) in [4.78, 5) is 19.1. The van der Waals surface area contributed by atoms with Gasteiger partial charge in [-0.25, -0.2) is 0 Å². The van der Waals surface area contributed by atoms with Crippen LogP contribution in [-0.4, -0.2) is 35.4 Å². The fourth-order valence-electron chi connectivity index (χ4n) is 2.83. The Bertz CT molecular complexity index is 512. The van der Waals surface area contributed by atoms with Crippen molar-refractivity contribution < 1.29 is 4.79 Å². The third-order valence-electron chi connectivity index (χ3n) is 3.88. The Morgan fingerprint density at radius 1 is 1.50 bits per heavy atom. The second kappa shape index (κ2) is 4.21. The predicted octanol–water partition coefficient (Wildman–Crippen LogP) is 1.55. The van der Waals surface area contributed by atoms with E-state index in [4.69, 9.17) is 0 Å². The number of hydrogen-bond acceptors (Lipinski definition) is 3. The SMILES string of the molecule is CCN1CC=CCC2(C1)C(=O)Nc1cccnc12. The fraction of sp³-hybridized carbons (Fsp3) is 0.429. The number of hydrogen-bond donors (Lipinski definition) is 1. The lowest BCUT2D eigenvalue weighted by Gasteiger charge is -2.29. The summed E-state index contributed by atoms with van der Waals surface area (Å²) >= 11 is 0. The number of rotatable bonds is 1. The van der Waals surface area contributed by atoms with Gasteiger partial charge in [0.1, 0.15) is 5.41 Å². The van der Waals surface area contributed by atoms with E-state index in [1.54, 1.807) is 6.20 Å². The van der Waals surface area contributed by atoms with Crippen molar-refractivity contribution in [3.63, 3.8) is 0 Å². The molecule has 18 heavy (non-hydrogen) atoms. The number of carbonyl (C=O) groups is 1. The number of fused-ring (bicyclic) bond motifs is 2. The van der Waals surface area contributed by atoms with Crippen LogP contribution < -0.4 is 5.32 Å². The summed E-state index contributed by atoms with van der Waals surface area (Å²) in [5.41, 5.74) is 1.27. The van der Waals surface area contributed by atoms with Gasteiger partial charge in [0.15, 0.2) is 0 Å². The summed E-state index contributed by atoms with van der Waals surface area (Å²) in [6.07, 6.45) is 6.76. The maximum absolute atomic E-state index is 12.4. The smallest absolute Gasteiger partial charge is 0.238 e. The van der Waals surface area contributed by atoms with Crippen LogP contribution in [-0.2, 0) is 10.2 Å². The highest BCUT2D eigenvalue weighted by molar-refractivity contribution is 6.05. The molecule has 2 aliphatic rings. The lowest BCUT2D eigenvalue weighted by Crippen LogP contribution is -2.44. The summed E-state index contributed by atoms with van der Waals surface area (Å²) in [5, 5.41) is 2.97. The molecule has 1 spiro atoms. The van der Waals surface area contributed by atoms with Gasteiger partial charge in [-0.1, -0.05) is 19.1 Å². The highest BCUT2D eigenvalue weighted by atomic mass is 16.2. The average molecular weight is 243 g/mol. The second-order valence-corrected chi connectivity index (χ2v) is 4.94. The average Bonchev–Trinajstić information content (AvgIpc) is 2.56. The number of nitrogens with one attached hydrogen (secondary N) is 1. The van der Waals surface area contributed by atoms with Crippen LogP contribution in [0, 0.1) is 0 Å². The minimum absolute atomic E-state index is 0.0844. The molecule has 0 saturated heterocycles. The number of nitrogens with zero attached hydrogens (tertiary/aromatic N) is 2. The fourth-order valence-corrected chi connectivity index (χ4v) is 2.83. The molecular formula is C14H17N3O. The third kappa shape index (κ3) is 1.56. The van der Waals surface area contributed by atoms with Gasteiger partial charge in [-0.3, -0.25) is 14.7 Å². The molecule has 1 aromatic rings. The Balaban J connectivity index is 2.08. The normalized spacial score (nSPS) is 27.1. The molecule has 0 bridgehead atoms. The van der Waals surface area contributed by atoms with E-state index in [-0.39, 0.29) is 5.91 Å². The van der Waals surface area contributed by atoms with Gasteiger partial charge in [-0.15, -0.1) is 0 Å². The van der Waals surface area contributed by atoms with Crippen LogP contribution in [0.3, 0.4) is 0 Å². The Hall–Kier alpha value is -1.68. The summed E-state index contributed by atoms with van der Waals surface area (Å²) in [7, 11) is 0. The van der Waals surface area contributed by atoms with Crippen molar-refractivity contribution in [2.75, 3.05) is 25.0 Å². The summed E-state index contributed by atoms with van der Waals surface area (Å²) in [6, 6.07) is 3.79. The van der Waals surface area contributed by atoms with E-state index in [9.17, 15) is 4.79 Å². The number of carbonyl (C=O) groups excluding carboxylic acids is 1. The van der Waals surface area contributed by atoms with E-state index in [2.05, 4.69) is 34.3 Å². The molecule has 0 saturated carbocycles. The first-order valence-corrected chi connectivity index (χ1v) is 6.40. The molecule has 0 radical (unpaired) electrons. The molecule has 0 aromatic carbocycles. The van der Waals surface area contributed by atoms with Crippen LogP contribution >= 0.6 is 0 Å². The van der Waals surface area contributed by atoms with Gasteiger partial charge >= 0.3 is 0 Å². The van der Waals surface area contributed by atoms with Gasteiger partial charge in [0.25, 0.3) is 0 Å². The van der Waals surface area contributed by atoms with Crippen LogP contribution in [0.5, 0.6) is 0 Å². The van der Waals surface area contributed by atoms with Gasteiger partial charge in [-0.05, 0) is 25.1 Å². The molecule has 1 atom stereocenters. The van der Waals surface area contributed by atoms with E-state index in [0.29, 0.717) is 0 Å². The first kappa shape index (κ1) is 11.4. The molecule has 1 N–H and O–H groups in total. The topological polar surface area (TPSA) is 45.2 Å². The summed E-state index contributed by atoms with van der Waals surface area (Å²) < 4.78 is 0. The monoisotopic (exact) mass is 243 g/mol. The number of aromatic nitrogens is 1. The molecule has 1 amide bonds. The van der Waals surface area contributed by atoms with Crippen LogP contribution in [0.1, 0.15) is 19.0 Å². The zero-order chi connectivity index (χ0) is 12.6. The van der Waals surface area contributed by atoms with E-state index < -0.39 is 5.41 Å². The van der Waals surface area contributed by atoms with Crippen molar-refractivity contribution in [2.45, 2.75) is 18.8 Å². The number of anilines is 1. The Morgan fingerprint density at radius 2 is 2.39 bits per heavy atom. The van der Waals surface area contributed by atoms with Crippen LogP contribution in [0.15, 0.2) is 30.5 Å². The zero-order valence-electron chi connectivity index (χ0n) is 10.5. The second-order valence-electron chi connectivity index (χ2n) is 4.94. The van der Waals surface area contributed by atoms with Gasteiger partial charge in [0, 0.05) is 19.3 Å². The molecule has 3 heterocycles. The molecule has 0 aliphatic carbocycles. The molecule has 4 heteroatoms. The lowest BCUT2D eigenvalue weighted by molar-refractivity contribution is -0.121. The maximum Gasteiger partial charge on any atom is 0.238 e. The minimum Gasteiger partial charge on any atom is -0.324 e. The molecule has 1 aromatic heterocycles. The molecule has 3 rings (SSSR count). The molecule has 4 nitrogen and oxygen atoms in total. The number of allylic oxidation sites excluding steroid dienone is 1. The Labute approximate surface area is 107 Å². The van der Waals surface area contributed by atoms with E-state index in [1.807, 2.05) is 12.1 Å².